The number of fused-ring (bicyclic) bond motifs is 5. The summed E-state index contributed by atoms with van der Waals surface area (Å²) in [5.74, 6) is 0.304. The van der Waals surface area contributed by atoms with Crippen molar-refractivity contribution in [2.24, 2.45) is 0 Å². The first-order valence-corrected chi connectivity index (χ1v) is 9.38. The van der Waals surface area contributed by atoms with Crippen LogP contribution in [-0.2, 0) is 19.4 Å². The molecule has 0 unspecified atom stereocenters. The van der Waals surface area contributed by atoms with Crippen LogP contribution in [0, 0.1) is 0 Å². The number of hydrogen-bond donors (Lipinski definition) is 3. The largest absolute Gasteiger partial charge is 0.504 e. The number of aromatic hydroxyl groups is 2. The molecule has 2 aromatic rings. The lowest BCUT2D eigenvalue weighted by Crippen LogP contribution is -2.41. The molecular formula is C19H23NO2S. The number of phenolic OH excluding ortho intramolecular Hbond substituents is 2. The second-order valence-corrected chi connectivity index (χ2v) is 7.96. The maximum Gasteiger partial charge on any atom is 0.157 e. The average Bonchev–Trinajstić information content (AvgIpc) is 2.96. The van der Waals surface area contributed by atoms with Crippen LogP contribution in [0.3, 0.4) is 0 Å². The minimum Gasteiger partial charge on any atom is -0.504 e. The van der Waals surface area contributed by atoms with Gasteiger partial charge in [-0.15, -0.1) is 11.3 Å². The molecule has 0 spiro atoms. The Labute approximate surface area is 141 Å². The third-order valence-corrected chi connectivity index (χ3v) is 6.44. The summed E-state index contributed by atoms with van der Waals surface area (Å²) in [5.41, 5.74) is 3.80. The van der Waals surface area contributed by atoms with E-state index < -0.39 is 0 Å². The SMILES string of the molecule is CCCCc1cc2c(s1)CN[C@@H]1CCc3cc(O)c(O)cc3[C@@H]21. The van der Waals surface area contributed by atoms with Crippen molar-refractivity contribution in [2.45, 2.75) is 57.5 Å². The highest BCUT2D eigenvalue weighted by molar-refractivity contribution is 7.12. The number of phenols is 2. The Morgan fingerprint density at radius 2 is 2.00 bits per heavy atom. The monoisotopic (exact) mass is 329 g/mol. The van der Waals surface area contributed by atoms with Crippen molar-refractivity contribution in [3.05, 3.63) is 44.6 Å². The molecule has 122 valence electrons. The van der Waals surface area contributed by atoms with Crippen molar-refractivity contribution in [3.8, 4) is 11.5 Å². The first-order chi connectivity index (χ1) is 11.2. The van der Waals surface area contributed by atoms with Crippen LogP contribution in [0.4, 0.5) is 0 Å². The lowest BCUT2D eigenvalue weighted by molar-refractivity contribution is 0.382. The summed E-state index contributed by atoms with van der Waals surface area (Å²) in [4.78, 5) is 2.92. The highest BCUT2D eigenvalue weighted by Gasteiger charge is 2.36. The lowest BCUT2D eigenvalue weighted by Gasteiger charge is -2.38. The van der Waals surface area contributed by atoms with Gasteiger partial charge in [-0.3, -0.25) is 0 Å². The van der Waals surface area contributed by atoms with Gasteiger partial charge in [-0.2, -0.15) is 0 Å². The molecule has 23 heavy (non-hydrogen) atoms. The predicted molar refractivity (Wildman–Crippen MR) is 93.5 cm³/mol. The molecule has 0 saturated heterocycles. The van der Waals surface area contributed by atoms with Gasteiger partial charge in [0.05, 0.1) is 0 Å². The molecule has 0 saturated carbocycles. The smallest absolute Gasteiger partial charge is 0.157 e. The third kappa shape index (κ3) is 2.54. The van der Waals surface area contributed by atoms with E-state index in [0.717, 1.165) is 19.4 Å². The zero-order chi connectivity index (χ0) is 16.0. The zero-order valence-electron chi connectivity index (χ0n) is 13.4. The van der Waals surface area contributed by atoms with E-state index in [4.69, 9.17) is 0 Å². The number of nitrogens with one attached hydrogen (secondary N) is 1. The van der Waals surface area contributed by atoms with Crippen molar-refractivity contribution in [3.63, 3.8) is 0 Å². The van der Waals surface area contributed by atoms with E-state index in [9.17, 15) is 10.2 Å². The van der Waals surface area contributed by atoms with Crippen molar-refractivity contribution in [2.75, 3.05) is 0 Å². The van der Waals surface area contributed by atoms with E-state index in [2.05, 4.69) is 18.3 Å². The Hall–Kier alpha value is -1.52. The summed E-state index contributed by atoms with van der Waals surface area (Å²) in [7, 11) is 0. The Balaban J connectivity index is 1.77. The van der Waals surface area contributed by atoms with E-state index >= 15 is 0 Å². The highest BCUT2D eigenvalue weighted by Crippen LogP contribution is 2.46. The van der Waals surface area contributed by atoms with Crippen molar-refractivity contribution in [1.82, 2.24) is 5.32 Å². The summed E-state index contributed by atoms with van der Waals surface area (Å²) >= 11 is 1.94. The van der Waals surface area contributed by atoms with Crippen LogP contribution in [0.2, 0.25) is 0 Å². The molecule has 0 amide bonds. The van der Waals surface area contributed by atoms with Crippen LogP contribution in [0.5, 0.6) is 11.5 Å². The van der Waals surface area contributed by atoms with Gasteiger partial charge < -0.3 is 15.5 Å². The fourth-order valence-corrected chi connectivity index (χ4v) is 5.25. The molecule has 1 aromatic carbocycles. The van der Waals surface area contributed by atoms with E-state index in [1.165, 1.54) is 45.7 Å². The number of benzene rings is 1. The number of rotatable bonds is 3. The molecule has 0 bridgehead atoms. The molecule has 2 atom stereocenters. The van der Waals surface area contributed by atoms with Crippen LogP contribution in [0.1, 0.15) is 58.5 Å². The number of thiophene rings is 1. The molecule has 1 aliphatic heterocycles. The van der Waals surface area contributed by atoms with Gasteiger partial charge in [-0.25, -0.2) is 0 Å². The number of aryl methyl sites for hydroxylation is 2. The quantitative estimate of drug-likeness (QED) is 0.745. The van der Waals surface area contributed by atoms with Crippen molar-refractivity contribution in [1.29, 1.82) is 0 Å². The number of hydrogen-bond acceptors (Lipinski definition) is 4. The minimum atomic E-state index is -0.00189. The van der Waals surface area contributed by atoms with E-state index in [-0.39, 0.29) is 11.5 Å². The Bertz CT molecular complexity index is 737. The van der Waals surface area contributed by atoms with E-state index in [1.54, 1.807) is 12.1 Å². The molecule has 4 heteroatoms. The van der Waals surface area contributed by atoms with Gasteiger partial charge in [0, 0.05) is 28.3 Å². The van der Waals surface area contributed by atoms with Gasteiger partial charge in [-0.1, -0.05) is 13.3 Å². The maximum absolute atomic E-state index is 9.97. The Kier molecular flexibility index (Phi) is 3.82. The number of unbranched alkanes of at least 4 members (excludes halogenated alkanes) is 1. The Morgan fingerprint density at radius 1 is 1.17 bits per heavy atom. The summed E-state index contributed by atoms with van der Waals surface area (Å²) in [6, 6.07) is 6.36. The molecule has 1 aliphatic carbocycles. The van der Waals surface area contributed by atoms with Crippen molar-refractivity contribution >= 4 is 11.3 Å². The third-order valence-electron chi connectivity index (χ3n) is 5.23. The second kappa shape index (κ2) is 5.84. The molecule has 0 radical (unpaired) electrons. The van der Waals surface area contributed by atoms with Crippen LogP contribution in [-0.4, -0.2) is 16.3 Å². The van der Waals surface area contributed by atoms with E-state index in [1.807, 2.05) is 11.3 Å². The van der Waals surface area contributed by atoms with Crippen LogP contribution in [0.25, 0.3) is 0 Å². The first kappa shape index (κ1) is 15.0. The summed E-state index contributed by atoms with van der Waals surface area (Å²) in [6.07, 6.45) is 5.68. The normalized spacial score (nSPS) is 22.3. The summed E-state index contributed by atoms with van der Waals surface area (Å²) in [5, 5.41) is 23.5. The lowest BCUT2D eigenvalue weighted by atomic mass is 9.74. The van der Waals surface area contributed by atoms with Gasteiger partial charge in [0.2, 0.25) is 0 Å². The molecule has 2 aliphatic rings. The molecular weight excluding hydrogens is 306 g/mol. The molecule has 4 rings (SSSR count). The van der Waals surface area contributed by atoms with Gasteiger partial charge in [0.15, 0.2) is 11.5 Å². The molecule has 3 N–H and O–H groups in total. The van der Waals surface area contributed by atoms with Gasteiger partial charge >= 0.3 is 0 Å². The van der Waals surface area contributed by atoms with Crippen molar-refractivity contribution < 1.29 is 10.2 Å². The van der Waals surface area contributed by atoms with E-state index in [0.29, 0.717) is 12.0 Å². The maximum atomic E-state index is 9.97. The standard InChI is InChI=1S/C19H23NO2S/c1-2-3-4-12-8-14-18(23-12)10-20-15-6-5-11-7-16(21)17(22)9-13(11)19(14)15/h7-9,15,19-22H,2-6,10H2,1H3/t15-,19+/m1/s1. The Morgan fingerprint density at radius 3 is 2.83 bits per heavy atom. The first-order valence-electron chi connectivity index (χ1n) is 8.57. The predicted octanol–water partition coefficient (Wildman–Crippen LogP) is 4.05. The minimum absolute atomic E-state index is 0.000135. The molecule has 1 aromatic heterocycles. The van der Waals surface area contributed by atoms with Crippen LogP contribution < -0.4 is 5.32 Å². The topological polar surface area (TPSA) is 52.5 Å². The fraction of sp³-hybridized carbons (Fsp3) is 0.474. The van der Waals surface area contributed by atoms with Crippen LogP contribution in [0.15, 0.2) is 18.2 Å². The highest BCUT2D eigenvalue weighted by atomic mass is 32.1. The average molecular weight is 329 g/mol. The summed E-state index contributed by atoms with van der Waals surface area (Å²) in [6.45, 7) is 3.20. The zero-order valence-corrected chi connectivity index (χ0v) is 14.2. The molecule has 3 nitrogen and oxygen atoms in total. The molecule has 2 heterocycles. The van der Waals surface area contributed by atoms with Crippen LogP contribution >= 0.6 is 11.3 Å². The van der Waals surface area contributed by atoms with Gasteiger partial charge in [-0.05, 0) is 60.6 Å². The molecule has 0 fully saturated rings. The second-order valence-electron chi connectivity index (χ2n) is 6.74. The van der Waals surface area contributed by atoms with Gasteiger partial charge in [0.1, 0.15) is 0 Å². The fourth-order valence-electron chi connectivity index (χ4n) is 4.04. The summed E-state index contributed by atoms with van der Waals surface area (Å²) < 4.78 is 0. The van der Waals surface area contributed by atoms with Gasteiger partial charge in [0.25, 0.3) is 0 Å².